The average molecular weight is 379 g/mol. The molecular formula is C20H24ClFN2O2. The molecule has 140 valence electrons. The van der Waals surface area contributed by atoms with Crippen molar-refractivity contribution >= 4 is 23.4 Å². The molecule has 0 spiro atoms. The molecule has 4 rings (SSSR count). The molecule has 1 aromatic rings. The molecule has 2 N–H and O–H groups in total. The van der Waals surface area contributed by atoms with Crippen LogP contribution >= 0.6 is 11.6 Å². The SMILES string of the molecule is O=C(CCNC(=O)c1ccc(F)cc1Cl)N[C@@H]1C[C@H]2C[C@H]1[C@H]1CCC[C@H]21. The molecule has 2 bridgehead atoms. The normalized spacial score (nSPS) is 31.7. The van der Waals surface area contributed by atoms with Gasteiger partial charge in [0, 0.05) is 19.0 Å². The molecule has 1 aromatic carbocycles. The van der Waals surface area contributed by atoms with Gasteiger partial charge in [-0.2, -0.15) is 0 Å². The highest BCUT2D eigenvalue weighted by Gasteiger charge is 2.53. The van der Waals surface area contributed by atoms with Gasteiger partial charge in [0.15, 0.2) is 0 Å². The summed E-state index contributed by atoms with van der Waals surface area (Å²) in [6.07, 6.45) is 6.69. The van der Waals surface area contributed by atoms with Crippen LogP contribution in [0.4, 0.5) is 4.39 Å². The maximum atomic E-state index is 13.0. The van der Waals surface area contributed by atoms with Crippen molar-refractivity contribution in [2.45, 2.75) is 44.6 Å². The Bertz CT molecular complexity index is 726. The predicted molar refractivity (Wildman–Crippen MR) is 97.3 cm³/mol. The number of carbonyl (C=O) groups excluding carboxylic acids is 2. The second-order valence-corrected chi connectivity index (χ2v) is 8.37. The van der Waals surface area contributed by atoms with E-state index in [1.807, 2.05) is 0 Å². The van der Waals surface area contributed by atoms with Gasteiger partial charge in [0.2, 0.25) is 5.91 Å². The van der Waals surface area contributed by atoms with Crippen LogP contribution in [0.1, 0.15) is 48.9 Å². The van der Waals surface area contributed by atoms with Crippen molar-refractivity contribution in [3.8, 4) is 0 Å². The molecule has 0 aliphatic heterocycles. The van der Waals surface area contributed by atoms with Crippen LogP contribution in [0.25, 0.3) is 0 Å². The number of halogens is 2. The van der Waals surface area contributed by atoms with Gasteiger partial charge in [-0.05, 0) is 67.6 Å². The summed E-state index contributed by atoms with van der Waals surface area (Å²) in [5.41, 5.74) is 0.217. The highest BCUT2D eigenvalue weighted by atomic mass is 35.5. The Morgan fingerprint density at radius 3 is 2.77 bits per heavy atom. The lowest BCUT2D eigenvalue weighted by Gasteiger charge is -2.32. The van der Waals surface area contributed by atoms with Crippen LogP contribution in [0.3, 0.4) is 0 Å². The summed E-state index contributed by atoms with van der Waals surface area (Å²) in [5.74, 6) is 2.30. The Hall–Kier alpha value is -1.62. The molecule has 26 heavy (non-hydrogen) atoms. The van der Waals surface area contributed by atoms with E-state index in [0.717, 1.165) is 30.2 Å². The van der Waals surface area contributed by atoms with E-state index in [-0.39, 0.29) is 29.5 Å². The predicted octanol–water partition coefficient (Wildman–Crippen LogP) is 3.54. The Balaban J connectivity index is 1.23. The van der Waals surface area contributed by atoms with E-state index in [9.17, 15) is 14.0 Å². The number of rotatable bonds is 5. The maximum absolute atomic E-state index is 13.0. The smallest absolute Gasteiger partial charge is 0.252 e. The van der Waals surface area contributed by atoms with Crippen molar-refractivity contribution in [3.63, 3.8) is 0 Å². The summed E-state index contributed by atoms with van der Waals surface area (Å²) in [6, 6.07) is 3.96. The lowest BCUT2D eigenvalue weighted by molar-refractivity contribution is -0.122. The van der Waals surface area contributed by atoms with Crippen LogP contribution in [0.15, 0.2) is 18.2 Å². The van der Waals surface area contributed by atoms with Crippen LogP contribution in [0, 0.1) is 29.5 Å². The van der Waals surface area contributed by atoms with Crippen molar-refractivity contribution in [1.29, 1.82) is 0 Å². The number of fused-ring (bicyclic) bond motifs is 5. The number of nitrogens with one attached hydrogen (secondary N) is 2. The molecule has 3 fully saturated rings. The van der Waals surface area contributed by atoms with E-state index < -0.39 is 11.7 Å². The fourth-order valence-corrected chi connectivity index (χ4v) is 5.82. The average Bonchev–Trinajstić information content (AvgIpc) is 3.27. The minimum Gasteiger partial charge on any atom is -0.353 e. The van der Waals surface area contributed by atoms with Crippen LogP contribution in [0.5, 0.6) is 0 Å². The lowest BCUT2D eigenvalue weighted by Crippen LogP contribution is -2.43. The quantitative estimate of drug-likeness (QED) is 0.823. The first-order valence-corrected chi connectivity index (χ1v) is 9.93. The van der Waals surface area contributed by atoms with Crippen LogP contribution in [-0.4, -0.2) is 24.4 Å². The zero-order chi connectivity index (χ0) is 18.3. The second-order valence-electron chi connectivity index (χ2n) is 7.96. The molecule has 0 saturated heterocycles. The van der Waals surface area contributed by atoms with E-state index in [1.165, 1.54) is 37.8 Å². The summed E-state index contributed by atoms with van der Waals surface area (Å²) < 4.78 is 13.0. The number of benzene rings is 1. The molecule has 6 heteroatoms. The number of carbonyl (C=O) groups is 2. The summed E-state index contributed by atoms with van der Waals surface area (Å²) >= 11 is 5.88. The van der Waals surface area contributed by atoms with Gasteiger partial charge in [-0.15, -0.1) is 0 Å². The van der Waals surface area contributed by atoms with Crippen LogP contribution in [0.2, 0.25) is 5.02 Å². The van der Waals surface area contributed by atoms with E-state index in [2.05, 4.69) is 10.6 Å². The molecule has 5 atom stereocenters. The number of hydrogen-bond acceptors (Lipinski definition) is 2. The zero-order valence-corrected chi connectivity index (χ0v) is 15.4. The van der Waals surface area contributed by atoms with Crippen molar-refractivity contribution < 1.29 is 14.0 Å². The minimum absolute atomic E-state index is 0.0115. The highest BCUT2D eigenvalue weighted by molar-refractivity contribution is 6.33. The van der Waals surface area contributed by atoms with Crippen LogP contribution in [-0.2, 0) is 4.79 Å². The molecule has 4 nitrogen and oxygen atoms in total. The van der Waals surface area contributed by atoms with E-state index in [4.69, 9.17) is 11.6 Å². The van der Waals surface area contributed by atoms with Gasteiger partial charge in [-0.1, -0.05) is 18.0 Å². The molecule has 3 aliphatic rings. The van der Waals surface area contributed by atoms with Gasteiger partial charge < -0.3 is 10.6 Å². The lowest BCUT2D eigenvalue weighted by atomic mass is 9.79. The first-order valence-electron chi connectivity index (χ1n) is 9.55. The third-order valence-corrected chi connectivity index (χ3v) is 6.90. The van der Waals surface area contributed by atoms with Gasteiger partial charge in [0.25, 0.3) is 5.91 Å². The van der Waals surface area contributed by atoms with Crippen molar-refractivity contribution in [1.82, 2.24) is 10.6 Å². The monoisotopic (exact) mass is 378 g/mol. The van der Waals surface area contributed by atoms with E-state index in [1.54, 1.807) is 0 Å². The maximum Gasteiger partial charge on any atom is 0.252 e. The molecule has 3 saturated carbocycles. The third kappa shape index (κ3) is 3.34. The highest BCUT2D eigenvalue weighted by Crippen LogP contribution is 2.58. The van der Waals surface area contributed by atoms with Crippen LogP contribution < -0.4 is 10.6 Å². The van der Waals surface area contributed by atoms with Crippen molar-refractivity contribution in [2.75, 3.05) is 6.54 Å². The third-order valence-electron chi connectivity index (χ3n) is 6.59. The Labute approximate surface area is 157 Å². The fraction of sp³-hybridized carbons (Fsp3) is 0.600. The first-order chi connectivity index (χ1) is 12.5. The Kier molecular flexibility index (Phi) is 4.91. The topological polar surface area (TPSA) is 58.2 Å². The summed E-state index contributed by atoms with van der Waals surface area (Å²) in [6.45, 7) is 0.241. The summed E-state index contributed by atoms with van der Waals surface area (Å²) in [5, 5.41) is 5.94. The summed E-state index contributed by atoms with van der Waals surface area (Å²) in [4.78, 5) is 24.3. The standard InChI is InChI=1S/C20H24ClFN2O2/c21-17-10-12(22)4-5-15(17)20(26)23-7-6-19(25)24-18-9-11-8-16(18)14-3-1-2-13(11)14/h4-5,10-11,13-14,16,18H,1-3,6-9H2,(H,23,26)(H,24,25)/t11-,13-,14+,16+,18-/m1/s1. The first kappa shape index (κ1) is 17.8. The zero-order valence-electron chi connectivity index (χ0n) is 14.6. The molecule has 3 aliphatic carbocycles. The van der Waals surface area contributed by atoms with Gasteiger partial charge in [0.1, 0.15) is 5.82 Å². The second kappa shape index (κ2) is 7.18. The van der Waals surface area contributed by atoms with Crippen molar-refractivity contribution in [2.24, 2.45) is 23.7 Å². The molecule has 2 amide bonds. The molecule has 0 unspecified atom stereocenters. The molecule has 0 aromatic heterocycles. The van der Waals surface area contributed by atoms with E-state index in [0.29, 0.717) is 12.0 Å². The fourth-order valence-electron chi connectivity index (χ4n) is 5.57. The number of amides is 2. The molecular weight excluding hydrogens is 355 g/mol. The van der Waals surface area contributed by atoms with Gasteiger partial charge in [-0.25, -0.2) is 4.39 Å². The van der Waals surface area contributed by atoms with E-state index >= 15 is 0 Å². The van der Waals surface area contributed by atoms with Crippen molar-refractivity contribution in [3.05, 3.63) is 34.6 Å². The minimum atomic E-state index is -0.485. The molecule has 0 radical (unpaired) electrons. The van der Waals surface area contributed by atoms with Gasteiger partial charge in [-0.3, -0.25) is 9.59 Å². The van der Waals surface area contributed by atoms with Gasteiger partial charge in [0.05, 0.1) is 10.6 Å². The largest absolute Gasteiger partial charge is 0.353 e. The Morgan fingerprint density at radius 2 is 1.96 bits per heavy atom. The Morgan fingerprint density at radius 1 is 1.15 bits per heavy atom. The summed E-state index contributed by atoms with van der Waals surface area (Å²) in [7, 11) is 0. The van der Waals surface area contributed by atoms with Gasteiger partial charge >= 0.3 is 0 Å². The number of hydrogen-bond donors (Lipinski definition) is 2. The molecule has 0 heterocycles.